The Bertz CT molecular complexity index is 163. The van der Waals surface area contributed by atoms with Gasteiger partial charge in [0.15, 0.2) is 0 Å². The van der Waals surface area contributed by atoms with E-state index in [0.29, 0.717) is 6.42 Å². The van der Waals surface area contributed by atoms with Crippen LogP contribution in [0.2, 0.25) is 0 Å². The van der Waals surface area contributed by atoms with Crippen molar-refractivity contribution < 1.29 is 14.6 Å². The molecule has 0 rings (SSSR count). The van der Waals surface area contributed by atoms with E-state index in [1.807, 2.05) is 6.92 Å². The third kappa shape index (κ3) is 7.59. The largest absolute Gasteiger partial charge is 0.444 e. The molecule has 78 valence electrons. The van der Waals surface area contributed by atoms with Gasteiger partial charge in [0.05, 0.1) is 6.10 Å². The van der Waals surface area contributed by atoms with Gasteiger partial charge in [-0.15, -0.1) is 0 Å². The lowest BCUT2D eigenvalue weighted by atomic mass is 10.2. The summed E-state index contributed by atoms with van der Waals surface area (Å²) in [5, 5.41) is 11.6. The zero-order valence-electron chi connectivity index (χ0n) is 8.76. The molecule has 2 N–H and O–H groups in total. The fourth-order valence-corrected chi connectivity index (χ4v) is 0.660. The molecule has 0 saturated carbocycles. The van der Waals surface area contributed by atoms with Crippen LogP contribution in [-0.4, -0.2) is 29.4 Å². The lowest BCUT2D eigenvalue weighted by Gasteiger charge is -2.20. The Hall–Kier alpha value is -0.770. The highest BCUT2D eigenvalue weighted by molar-refractivity contribution is 5.67. The van der Waals surface area contributed by atoms with Crippen molar-refractivity contribution >= 4 is 6.09 Å². The van der Waals surface area contributed by atoms with Crippen molar-refractivity contribution in [3.05, 3.63) is 0 Å². The van der Waals surface area contributed by atoms with Crippen LogP contribution in [0.5, 0.6) is 0 Å². The van der Waals surface area contributed by atoms with Gasteiger partial charge in [-0.05, 0) is 27.2 Å². The summed E-state index contributed by atoms with van der Waals surface area (Å²) in [6.45, 7) is 7.47. The molecule has 1 atom stereocenters. The fraction of sp³-hybridized carbons (Fsp3) is 0.889. The number of aliphatic hydroxyl groups is 1. The minimum atomic E-state index is -0.493. The molecule has 0 aromatic rings. The summed E-state index contributed by atoms with van der Waals surface area (Å²) in [6, 6.07) is 0. The van der Waals surface area contributed by atoms with Gasteiger partial charge in [0, 0.05) is 6.54 Å². The Balaban J connectivity index is 3.64. The number of hydrogen-bond donors (Lipinski definition) is 2. The number of carbonyl (C=O) groups excluding carboxylic acids is 1. The van der Waals surface area contributed by atoms with E-state index in [2.05, 4.69) is 5.32 Å². The predicted molar refractivity (Wildman–Crippen MR) is 50.5 cm³/mol. The van der Waals surface area contributed by atoms with Crippen molar-refractivity contribution in [2.45, 2.75) is 45.8 Å². The molecule has 0 fully saturated rings. The van der Waals surface area contributed by atoms with Gasteiger partial charge in [-0.2, -0.15) is 0 Å². The molecule has 0 aliphatic heterocycles. The highest BCUT2D eigenvalue weighted by atomic mass is 16.6. The molecular formula is C9H19NO3. The van der Waals surface area contributed by atoms with Crippen LogP contribution in [0.15, 0.2) is 0 Å². The van der Waals surface area contributed by atoms with Gasteiger partial charge in [0.2, 0.25) is 0 Å². The van der Waals surface area contributed by atoms with Gasteiger partial charge in [0.1, 0.15) is 5.60 Å². The molecule has 0 aliphatic rings. The maximum Gasteiger partial charge on any atom is 0.407 e. The monoisotopic (exact) mass is 189 g/mol. The van der Waals surface area contributed by atoms with Crippen LogP contribution in [0.3, 0.4) is 0 Å². The van der Waals surface area contributed by atoms with E-state index < -0.39 is 17.8 Å². The average Bonchev–Trinajstić information content (AvgIpc) is 1.97. The third-order valence-electron chi connectivity index (χ3n) is 1.35. The van der Waals surface area contributed by atoms with Crippen LogP contribution in [0.1, 0.15) is 34.1 Å². The maximum absolute atomic E-state index is 11.0. The SMILES string of the molecule is CC[C@H](O)CNC(=O)OC(C)(C)C. The Morgan fingerprint density at radius 2 is 2.08 bits per heavy atom. The van der Waals surface area contributed by atoms with Gasteiger partial charge >= 0.3 is 6.09 Å². The van der Waals surface area contributed by atoms with Crippen LogP contribution in [0.25, 0.3) is 0 Å². The molecule has 1 amide bonds. The second-order valence-electron chi connectivity index (χ2n) is 3.94. The number of aliphatic hydroxyl groups excluding tert-OH is 1. The van der Waals surface area contributed by atoms with Gasteiger partial charge in [-0.25, -0.2) is 4.79 Å². The first-order valence-corrected chi connectivity index (χ1v) is 4.50. The Labute approximate surface area is 79.3 Å². The fourth-order valence-electron chi connectivity index (χ4n) is 0.660. The molecule has 0 aromatic heterocycles. The molecule has 0 bridgehead atoms. The second kappa shape index (κ2) is 5.07. The summed E-state index contributed by atoms with van der Waals surface area (Å²) in [6.07, 6.45) is -0.358. The van der Waals surface area contributed by atoms with Gasteiger partial charge < -0.3 is 15.2 Å². The normalized spacial score (nSPS) is 13.6. The first-order chi connectivity index (χ1) is 5.85. The molecule has 0 saturated heterocycles. The number of alkyl carbamates (subject to hydrolysis) is 1. The van der Waals surface area contributed by atoms with Gasteiger partial charge in [0.25, 0.3) is 0 Å². The number of rotatable bonds is 3. The van der Waals surface area contributed by atoms with Crippen molar-refractivity contribution in [2.24, 2.45) is 0 Å². The number of carbonyl (C=O) groups is 1. The quantitative estimate of drug-likeness (QED) is 0.703. The molecule has 0 heterocycles. The summed E-state index contributed by atoms with van der Waals surface area (Å²) >= 11 is 0. The smallest absolute Gasteiger partial charge is 0.407 e. The second-order valence-corrected chi connectivity index (χ2v) is 3.94. The average molecular weight is 189 g/mol. The van der Waals surface area contributed by atoms with Crippen molar-refractivity contribution in [1.82, 2.24) is 5.32 Å². The number of amides is 1. The maximum atomic E-state index is 11.0. The Morgan fingerprint density at radius 1 is 1.54 bits per heavy atom. The first kappa shape index (κ1) is 12.2. The van der Waals surface area contributed by atoms with Crippen molar-refractivity contribution in [3.8, 4) is 0 Å². The topological polar surface area (TPSA) is 58.6 Å². The summed E-state index contributed by atoms with van der Waals surface area (Å²) < 4.78 is 4.97. The highest BCUT2D eigenvalue weighted by Gasteiger charge is 2.16. The van der Waals surface area contributed by atoms with Crippen molar-refractivity contribution in [3.63, 3.8) is 0 Å². The van der Waals surface area contributed by atoms with E-state index in [1.165, 1.54) is 0 Å². The number of hydrogen-bond acceptors (Lipinski definition) is 3. The summed E-state index contributed by atoms with van der Waals surface area (Å²) in [7, 11) is 0. The minimum absolute atomic E-state index is 0.241. The van der Waals surface area contributed by atoms with Crippen molar-refractivity contribution in [1.29, 1.82) is 0 Å². The van der Waals surface area contributed by atoms with Crippen LogP contribution < -0.4 is 5.32 Å². The van der Waals surface area contributed by atoms with E-state index in [0.717, 1.165) is 0 Å². The van der Waals surface area contributed by atoms with Gasteiger partial charge in [-0.1, -0.05) is 6.92 Å². The van der Waals surface area contributed by atoms with E-state index in [-0.39, 0.29) is 6.54 Å². The van der Waals surface area contributed by atoms with Crippen LogP contribution in [0, 0.1) is 0 Å². The van der Waals surface area contributed by atoms with E-state index in [4.69, 9.17) is 9.84 Å². The molecule has 4 nitrogen and oxygen atoms in total. The highest BCUT2D eigenvalue weighted by Crippen LogP contribution is 2.06. The van der Waals surface area contributed by atoms with E-state index in [9.17, 15) is 4.79 Å². The molecule has 13 heavy (non-hydrogen) atoms. The Kier molecular flexibility index (Phi) is 4.77. The van der Waals surface area contributed by atoms with E-state index in [1.54, 1.807) is 20.8 Å². The molecule has 4 heteroatoms. The zero-order valence-corrected chi connectivity index (χ0v) is 8.76. The molecule has 0 spiro atoms. The van der Waals surface area contributed by atoms with Crippen molar-refractivity contribution in [2.75, 3.05) is 6.54 Å². The Morgan fingerprint density at radius 3 is 2.46 bits per heavy atom. The van der Waals surface area contributed by atoms with Crippen LogP contribution >= 0.6 is 0 Å². The molecular weight excluding hydrogens is 170 g/mol. The number of nitrogens with one attached hydrogen (secondary N) is 1. The van der Waals surface area contributed by atoms with Crippen LogP contribution in [0.4, 0.5) is 4.79 Å². The lowest BCUT2D eigenvalue weighted by molar-refractivity contribution is 0.0490. The first-order valence-electron chi connectivity index (χ1n) is 4.50. The summed E-state index contributed by atoms with van der Waals surface area (Å²) in [5.41, 5.74) is -0.485. The zero-order chi connectivity index (χ0) is 10.5. The summed E-state index contributed by atoms with van der Waals surface area (Å²) in [5.74, 6) is 0. The standard InChI is InChI=1S/C9H19NO3/c1-5-7(11)6-10-8(12)13-9(2,3)4/h7,11H,5-6H2,1-4H3,(H,10,12)/t7-/m0/s1. The minimum Gasteiger partial charge on any atom is -0.444 e. The summed E-state index contributed by atoms with van der Waals surface area (Å²) in [4.78, 5) is 11.0. The van der Waals surface area contributed by atoms with E-state index >= 15 is 0 Å². The number of ether oxygens (including phenoxy) is 1. The predicted octanol–water partition coefficient (Wildman–Crippen LogP) is 1.28. The molecule has 0 unspecified atom stereocenters. The molecule has 0 radical (unpaired) electrons. The third-order valence-corrected chi connectivity index (χ3v) is 1.35. The molecule has 0 aromatic carbocycles. The van der Waals surface area contributed by atoms with Gasteiger partial charge in [-0.3, -0.25) is 0 Å². The van der Waals surface area contributed by atoms with Crippen LogP contribution in [-0.2, 0) is 4.74 Å². The molecule has 0 aliphatic carbocycles. The lowest BCUT2D eigenvalue weighted by Crippen LogP contribution is -2.36.